The van der Waals surface area contributed by atoms with Gasteiger partial charge in [0.2, 0.25) is 0 Å². The second kappa shape index (κ2) is 9.75. The molecule has 2 N–H and O–H groups in total. The van der Waals surface area contributed by atoms with Crippen molar-refractivity contribution < 1.29 is 18.9 Å². The lowest BCUT2D eigenvalue weighted by molar-refractivity contribution is 0.0137. The summed E-state index contributed by atoms with van der Waals surface area (Å²) in [5, 5.41) is 0.681. The molecule has 0 spiro atoms. The largest absolute Gasteiger partial charge is 0.470 e. The Kier molecular flexibility index (Phi) is 10.6. The lowest BCUT2D eigenvalue weighted by atomic mass is 9.76. The zero-order valence-electron chi connectivity index (χ0n) is 13.4. The van der Waals surface area contributed by atoms with Crippen LogP contribution < -0.4 is 0 Å². The molecule has 0 saturated heterocycles. The molecule has 0 aromatic rings. The van der Waals surface area contributed by atoms with Crippen molar-refractivity contribution >= 4 is 74.5 Å². The predicted octanol–water partition coefficient (Wildman–Crippen LogP) is 6.36. The van der Waals surface area contributed by atoms with Crippen molar-refractivity contribution in [3.8, 4) is 0 Å². The van der Waals surface area contributed by atoms with Crippen molar-refractivity contribution in [1.82, 2.24) is 0 Å². The Balaban J connectivity index is 5.97. The first-order valence-electron chi connectivity index (χ1n) is 7.33. The molecular formula is C13H24Br2Cl3O4P. The molecule has 10 heteroatoms. The number of halogens is 5. The molecule has 2 unspecified atom stereocenters. The van der Waals surface area contributed by atoms with Crippen LogP contribution >= 0.6 is 74.5 Å². The summed E-state index contributed by atoms with van der Waals surface area (Å²) >= 11 is 25.9. The van der Waals surface area contributed by atoms with Gasteiger partial charge in [0.1, 0.15) is 14.2 Å². The van der Waals surface area contributed by atoms with E-state index in [1.165, 1.54) is 0 Å². The number of phosphoric acid groups is 1. The van der Waals surface area contributed by atoms with Crippen LogP contribution in [0.5, 0.6) is 0 Å². The van der Waals surface area contributed by atoms with Crippen LogP contribution in [0, 0.1) is 5.41 Å². The lowest BCUT2D eigenvalue weighted by Crippen LogP contribution is -2.55. The second-order valence-corrected chi connectivity index (χ2v) is 11.0. The molecule has 0 radical (unpaired) electrons. The van der Waals surface area contributed by atoms with Crippen molar-refractivity contribution in [3.05, 3.63) is 0 Å². The summed E-state index contributed by atoms with van der Waals surface area (Å²) in [6, 6.07) is 0. The zero-order valence-corrected chi connectivity index (χ0v) is 19.7. The topological polar surface area (TPSA) is 66.8 Å². The fourth-order valence-corrected chi connectivity index (χ4v) is 7.30. The summed E-state index contributed by atoms with van der Waals surface area (Å²) in [6.07, 6.45) is 2.74. The SMILES string of the molecule is CCCC(OP(=O)(O)O)(C(Cl)Cl)C(Cl)(Br)CC(CC)(CC)CBr. The summed E-state index contributed by atoms with van der Waals surface area (Å²) in [6.45, 7) is 5.91. The van der Waals surface area contributed by atoms with E-state index in [2.05, 4.69) is 31.9 Å². The summed E-state index contributed by atoms with van der Waals surface area (Å²) in [7, 11) is -4.85. The average Bonchev–Trinajstić information content (AvgIpc) is 2.42. The number of rotatable bonds is 11. The monoisotopic (exact) mass is 538 g/mol. The summed E-state index contributed by atoms with van der Waals surface area (Å²) in [5.41, 5.74) is -1.83. The van der Waals surface area contributed by atoms with Gasteiger partial charge in [0.25, 0.3) is 0 Å². The Hall–Kier alpha value is 1.94. The fraction of sp³-hybridized carbons (Fsp3) is 1.00. The number of hydrogen-bond acceptors (Lipinski definition) is 2. The normalized spacial score (nSPS) is 18.7. The van der Waals surface area contributed by atoms with E-state index in [1.807, 2.05) is 20.8 Å². The highest BCUT2D eigenvalue weighted by Crippen LogP contribution is 2.59. The van der Waals surface area contributed by atoms with Crippen LogP contribution in [0.25, 0.3) is 0 Å². The summed E-state index contributed by atoms with van der Waals surface area (Å²) in [5.74, 6) is 0. The van der Waals surface area contributed by atoms with Gasteiger partial charge in [-0.25, -0.2) is 4.57 Å². The highest BCUT2D eigenvalue weighted by Gasteiger charge is 2.58. The first-order valence-corrected chi connectivity index (χ1v) is 12.0. The molecule has 0 amide bonds. The van der Waals surface area contributed by atoms with Gasteiger partial charge >= 0.3 is 7.82 Å². The molecule has 0 aliphatic heterocycles. The first kappa shape index (κ1) is 24.9. The minimum Gasteiger partial charge on any atom is -0.303 e. The van der Waals surface area contributed by atoms with E-state index < -0.39 is 22.0 Å². The molecule has 0 aromatic heterocycles. The molecule has 0 aromatic carbocycles. The minimum absolute atomic E-state index is 0.189. The van der Waals surface area contributed by atoms with Gasteiger partial charge in [0.15, 0.2) is 0 Å². The third kappa shape index (κ3) is 6.55. The van der Waals surface area contributed by atoms with Crippen LogP contribution in [0.1, 0.15) is 52.9 Å². The van der Waals surface area contributed by atoms with E-state index in [0.717, 1.165) is 12.8 Å². The number of phosphoric ester groups is 1. The van der Waals surface area contributed by atoms with Crippen LogP contribution in [-0.2, 0) is 9.09 Å². The molecule has 23 heavy (non-hydrogen) atoms. The zero-order chi connectivity index (χ0) is 18.5. The smallest absolute Gasteiger partial charge is 0.303 e. The highest BCUT2D eigenvalue weighted by molar-refractivity contribution is 9.10. The molecule has 0 fully saturated rings. The van der Waals surface area contributed by atoms with Gasteiger partial charge in [0.05, 0.1) is 0 Å². The Bertz CT molecular complexity index is 408. The lowest BCUT2D eigenvalue weighted by Gasteiger charge is -2.47. The van der Waals surface area contributed by atoms with Gasteiger partial charge in [0, 0.05) is 5.33 Å². The van der Waals surface area contributed by atoms with Crippen molar-refractivity contribution in [2.75, 3.05) is 5.33 Å². The van der Waals surface area contributed by atoms with E-state index in [-0.39, 0.29) is 11.8 Å². The molecular weight excluding hydrogens is 517 g/mol. The minimum atomic E-state index is -4.85. The first-order chi connectivity index (χ1) is 10.4. The van der Waals surface area contributed by atoms with E-state index >= 15 is 0 Å². The van der Waals surface area contributed by atoms with Crippen molar-refractivity contribution in [2.45, 2.75) is 67.1 Å². The molecule has 2 atom stereocenters. The molecule has 140 valence electrons. The third-order valence-electron chi connectivity index (χ3n) is 4.26. The van der Waals surface area contributed by atoms with Crippen LogP contribution in [-0.4, -0.2) is 29.3 Å². The maximum Gasteiger partial charge on any atom is 0.470 e. The van der Waals surface area contributed by atoms with E-state index in [4.69, 9.17) is 39.3 Å². The van der Waals surface area contributed by atoms with Crippen LogP contribution in [0.3, 0.4) is 0 Å². The van der Waals surface area contributed by atoms with Gasteiger partial charge in [-0.05, 0) is 31.1 Å². The van der Waals surface area contributed by atoms with E-state index in [1.54, 1.807) is 0 Å². The summed E-state index contributed by atoms with van der Waals surface area (Å²) in [4.78, 5) is 17.5. The molecule has 0 rings (SSSR count). The van der Waals surface area contributed by atoms with Crippen molar-refractivity contribution in [2.24, 2.45) is 5.41 Å². The van der Waals surface area contributed by atoms with Crippen molar-refractivity contribution in [1.29, 1.82) is 0 Å². The fourth-order valence-electron chi connectivity index (χ4n) is 2.54. The Labute approximate surface area is 170 Å². The maximum absolute atomic E-state index is 11.5. The van der Waals surface area contributed by atoms with Gasteiger partial charge < -0.3 is 9.79 Å². The Morgan fingerprint density at radius 3 is 1.96 bits per heavy atom. The molecule has 0 saturated carbocycles. The van der Waals surface area contributed by atoms with E-state index in [0.29, 0.717) is 18.2 Å². The maximum atomic E-state index is 11.5. The highest BCUT2D eigenvalue weighted by atomic mass is 79.9. The van der Waals surface area contributed by atoms with Gasteiger partial charge in [-0.15, -0.1) is 34.8 Å². The van der Waals surface area contributed by atoms with Crippen LogP contribution in [0.4, 0.5) is 0 Å². The van der Waals surface area contributed by atoms with E-state index in [9.17, 15) is 14.4 Å². The van der Waals surface area contributed by atoms with Crippen LogP contribution in [0.2, 0.25) is 0 Å². The second-order valence-electron chi connectivity index (χ2n) is 5.74. The Morgan fingerprint density at radius 1 is 1.22 bits per heavy atom. The average molecular weight is 541 g/mol. The molecule has 0 bridgehead atoms. The molecule has 4 nitrogen and oxygen atoms in total. The molecule has 0 aliphatic rings. The summed E-state index contributed by atoms with van der Waals surface area (Å²) < 4.78 is 15.3. The van der Waals surface area contributed by atoms with Gasteiger partial charge in [-0.2, -0.15) is 0 Å². The Morgan fingerprint density at radius 2 is 1.70 bits per heavy atom. The number of alkyl halides is 5. The standard InChI is InChI=1S/C13H24Br2Cl3O4P/c1-4-7-12(10(16)17,22-23(19,20)21)13(15,18)8-11(5-2,6-3)9-14/h10H,4-9H2,1-3H3,(H2,19,20,21). The van der Waals surface area contributed by atoms with Crippen LogP contribution in [0.15, 0.2) is 0 Å². The van der Waals surface area contributed by atoms with Crippen molar-refractivity contribution in [3.63, 3.8) is 0 Å². The van der Waals surface area contributed by atoms with Gasteiger partial charge in [-0.3, -0.25) is 4.52 Å². The van der Waals surface area contributed by atoms with Gasteiger partial charge in [-0.1, -0.05) is 59.1 Å². The molecule has 0 aliphatic carbocycles. The molecule has 0 heterocycles. The predicted molar refractivity (Wildman–Crippen MR) is 105 cm³/mol. The third-order valence-corrected chi connectivity index (χ3v) is 8.12. The number of hydrogen-bond donors (Lipinski definition) is 2. The quantitative estimate of drug-likeness (QED) is 0.236.